The molecule has 10 nitrogen and oxygen atoms in total. The number of amides is 2. The van der Waals surface area contributed by atoms with E-state index < -0.39 is 11.9 Å². The molecule has 2 atom stereocenters. The van der Waals surface area contributed by atoms with E-state index in [4.69, 9.17) is 9.47 Å². The zero-order valence-electron chi connectivity index (χ0n) is 23.9. The Bertz CT molecular complexity index is 1400. The molecule has 222 valence electrons. The second-order valence-corrected chi connectivity index (χ2v) is 11.3. The third kappa shape index (κ3) is 7.97. The molecule has 1 aromatic heterocycles. The first kappa shape index (κ1) is 29.3. The number of carbonyl (C=O) groups excluding carboxylic acids is 2. The first-order valence-electron chi connectivity index (χ1n) is 14.6. The molecule has 0 bridgehead atoms. The lowest BCUT2D eigenvalue weighted by atomic mass is 9.85. The molecule has 10 heteroatoms. The number of carbonyl (C=O) groups is 3. The number of carboxylic acids is 1. The van der Waals surface area contributed by atoms with Crippen molar-refractivity contribution >= 4 is 23.5 Å². The highest BCUT2D eigenvalue weighted by molar-refractivity contribution is 6.05. The maximum atomic E-state index is 13.4. The van der Waals surface area contributed by atoms with Crippen molar-refractivity contribution in [2.75, 3.05) is 18.5 Å². The number of benzene rings is 2. The summed E-state index contributed by atoms with van der Waals surface area (Å²) in [6, 6.07) is 16.6. The molecule has 1 heterocycles. The maximum absolute atomic E-state index is 13.4. The van der Waals surface area contributed by atoms with Crippen LogP contribution in [0.25, 0.3) is 0 Å². The first-order chi connectivity index (χ1) is 20.4. The SMILES string of the molecule is Cc1ccc(OCC2CC2)c(NC(=O)c2cc(C(=O)O)nn2CC(=O)N[C@H]2CCCC[C@@H]2COCc2ccccc2)c1. The van der Waals surface area contributed by atoms with Gasteiger partial charge in [0.1, 0.15) is 18.0 Å². The van der Waals surface area contributed by atoms with Crippen LogP contribution in [0.15, 0.2) is 54.6 Å². The summed E-state index contributed by atoms with van der Waals surface area (Å²) < 4.78 is 13.1. The monoisotopic (exact) mass is 574 g/mol. The molecular formula is C32H38N4O6. The van der Waals surface area contributed by atoms with Gasteiger partial charge < -0.3 is 25.2 Å². The number of nitrogens with zero attached hydrogens (tertiary/aromatic N) is 2. The number of ether oxygens (including phenoxy) is 2. The minimum atomic E-state index is -1.28. The van der Waals surface area contributed by atoms with Gasteiger partial charge in [-0.15, -0.1) is 0 Å². The van der Waals surface area contributed by atoms with Crippen molar-refractivity contribution in [1.29, 1.82) is 0 Å². The van der Waals surface area contributed by atoms with Gasteiger partial charge >= 0.3 is 5.97 Å². The number of anilines is 1. The average Bonchev–Trinajstić information content (AvgIpc) is 3.71. The second-order valence-electron chi connectivity index (χ2n) is 11.3. The molecule has 5 rings (SSSR count). The van der Waals surface area contributed by atoms with Crippen LogP contribution in [-0.4, -0.2) is 51.9 Å². The van der Waals surface area contributed by atoms with Crippen molar-refractivity contribution in [2.24, 2.45) is 11.8 Å². The molecule has 0 unspecified atom stereocenters. The molecule has 0 radical (unpaired) electrons. The molecule has 2 saturated carbocycles. The highest BCUT2D eigenvalue weighted by Crippen LogP contribution is 2.32. The van der Waals surface area contributed by atoms with Crippen LogP contribution in [0.1, 0.15) is 70.6 Å². The summed E-state index contributed by atoms with van der Waals surface area (Å²) in [5, 5.41) is 19.5. The standard InChI is InChI=1S/C32H38N4O6/c1-21-11-14-29(42-19-23-12-13-23)26(15-21)34-31(38)28-16-27(32(39)40)35-36(28)17-30(37)33-25-10-6-5-9-24(25)20-41-18-22-7-3-2-4-8-22/h2-4,7-8,11,14-16,23-25H,5-6,9-10,12-13,17-20H2,1H3,(H,33,37)(H,34,38)(H,39,40)/t24-,25+/m1/s1. The van der Waals surface area contributed by atoms with E-state index in [2.05, 4.69) is 15.7 Å². The topological polar surface area (TPSA) is 132 Å². The minimum Gasteiger partial charge on any atom is -0.491 e. The highest BCUT2D eigenvalue weighted by Gasteiger charge is 2.28. The van der Waals surface area contributed by atoms with Crippen molar-refractivity contribution in [2.45, 2.75) is 64.6 Å². The van der Waals surface area contributed by atoms with E-state index in [-0.39, 0.29) is 35.8 Å². The van der Waals surface area contributed by atoms with Gasteiger partial charge in [0, 0.05) is 18.0 Å². The van der Waals surface area contributed by atoms with Gasteiger partial charge in [-0.3, -0.25) is 9.59 Å². The van der Waals surface area contributed by atoms with Crippen LogP contribution in [0.2, 0.25) is 0 Å². The molecule has 3 aromatic rings. The molecule has 0 spiro atoms. The van der Waals surface area contributed by atoms with E-state index in [1.54, 1.807) is 6.07 Å². The van der Waals surface area contributed by atoms with Crippen LogP contribution in [0.4, 0.5) is 5.69 Å². The van der Waals surface area contributed by atoms with E-state index in [0.717, 1.165) is 54.3 Å². The first-order valence-corrected chi connectivity index (χ1v) is 14.6. The number of hydrogen-bond acceptors (Lipinski definition) is 6. The summed E-state index contributed by atoms with van der Waals surface area (Å²) in [5.41, 5.74) is 2.17. The van der Waals surface area contributed by atoms with Crippen molar-refractivity contribution < 1.29 is 29.0 Å². The van der Waals surface area contributed by atoms with E-state index in [0.29, 0.717) is 37.2 Å². The molecule has 0 saturated heterocycles. The predicted molar refractivity (Wildman–Crippen MR) is 157 cm³/mol. The molecule has 2 aliphatic carbocycles. The van der Waals surface area contributed by atoms with E-state index in [1.165, 1.54) is 6.07 Å². The third-order valence-electron chi connectivity index (χ3n) is 7.78. The highest BCUT2D eigenvalue weighted by atomic mass is 16.5. The lowest BCUT2D eigenvalue weighted by molar-refractivity contribution is -0.123. The van der Waals surface area contributed by atoms with Gasteiger partial charge in [-0.25, -0.2) is 9.48 Å². The molecule has 2 amide bonds. The fourth-order valence-electron chi connectivity index (χ4n) is 5.26. The molecule has 42 heavy (non-hydrogen) atoms. The summed E-state index contributed by atoms with van der Waals surface area (Å²) in [5.74, 6) is -0.956. The maximum Gasteiger partial charge on any atom is 0.356 e. The normalized spacial score (nSPS) is 18.3. The number of rotatable bonds is 13. The Morgan fingerprint density at radius 3 is 2.55 bits per heavy atom. The summed E-state index contributed by atoms with van der Waals surface area (Å²) in [6.45, 7) is 3.23. The Kier molecular flexibility index (Phi) is 9.53. The smallest absolute Gasteiger partial charge is 0.356 e. The van der Waals surface area contributed by atoms with Crippen molar-refractivity contribution in [3.05, 3.63) is 77.1 Å². The Morgan fingerprint density at radius 1 is 1.00 bits per heavy atom. The predicted octanol–water partition coefficient (Wildman–Crippen LogP) is 4.82. The fourth-order valence-corrected chi connectivity index (χ4v) is 5.26. The molecule has 3 N–H and O–H groups in total. The fraction of sp³-hybridized carbons (Fsp3) is 0.438. The van der Waals surface area contributed by atoms with Gasteiger partial charge in [0.25, 0.3) is 5.91 Å². The lowest BCUT2D eigenvalue weighted by Gasteiger charge is -2.32. The molecule has 0 aliphatic heterocycles. The Hall–Kier alpha value is -4.18. The average molecular weight is 575 g/mol. The van der Waals surface area contributed by atoms with Gasteiger partial charge in [-0.2, -0.15) is 5.10 Å². The Morgan fingerprint density at radius 2 is 1.79 bits per heavy atom. The second kappa shape index (κ2) is 13.7. The van der Waals surface area contributed by atoms with Gasteiger partial charge in [0.05, 0.1) is 25.5 Å². The third-order valence-corrected chi connectivity index (χ3v) is 7.78. The zero-order chi connectivity index (χ0) is 29.5. The number of aromatic nitrogens is 2. The number of carboxylic acid groups (broad SMARTS) is 1. The number of nitrogens with one attached hydrogen (secondary N) is 2. The van der Waals surface area contributed by atoms with Crippen LogP contribution in [0.3, 0.4) is 0 Å². The number of aromatic carboxylic acids is 1. The summed E-state index contributed by atoms with van der Waals surface area (Å²) >= 11 is 0. The van der Waals surface area contributed by atoms with Gasteiger partial charge in [0.15, 0.2) is 5.69 Å². The molecule has 2 aromatic carbocycles. The van der Waals surface area contributed by atoms with Crippen LogP contribution >= 0.6 is 0 Å². The van der Waals surface area contributed by atoms with Crippen LogP contribution in [-0.2, 0) is 22.7 Å². The van der Waals surface area contributed by atoms with Gasteiger partial charge in [-0.1, -0.05) is 49.2 Å². The molecular weight excluding hydrogens is 536 g/mol. The number of hydrogen-bond donors (Lipinski definition) is 3. The van der Waals surface area contributed by atoms with E-state index in [9.17, 15) is 19.5 Å². The van der Waals surface area contributed by atoms with E-state index >= 15 is 0 Å². The van der Waals surface area contributed by atoms with Crippen molar-refractivity contribution in [1.82, 2.24) is 15.1 Å². The van der Waals surface area contributed by atoms with Crippen LogP contribution < -0.4 is 15.4 Å². The molecule has 2 fully saturated rings. The largest absolute Gasteiger partial charge is 0.491 e. The minimum absolute atomic E-state index is 0.0245. The Balaban J connectivity index is 1.24. The summed E-state index contributed by atoms with van der Waals surface area (Å²) in [7, 11) is 0. The van der Waals surface area contributed by atoms with Crippen molar-refractivity contribution in [3.63, 3.8) is 0 Å². The quantitative estimate of drug-likeness (QED) is 0.267. The molecule has 2 aliphatic rings. The Labute approximate surface area is 245 Å². The zero-order valence-corrected chi connectivity index (χ0v) is 23.9. The lowest BCUT2D eigenvalue weighted by Crippen LogP contribution is -2.45. The number of aryl methyl sites for hydroxylation is 1. The summed E-state index contributed by atoms with van der Waals surface area (Å²) in [6.07, 6.45) is 6.11. The van der Waals surface area contributed by atoms with Crippen molar-refractivity contribution in [3.8, 4) is 5.75 Å². The van der Waals surface area contributed by atoms with Crippen LogP contribution in [0, 0.1) is 18.8 Å². The van der Waals surface area contributed by atoms with Crippen LogP contribution in [0.5, 0.6) is 5.75 Å². The van der Waals surface area contributed by atoms with E-state index in [1.807, 2.05) is 49.4 Å². The summed E-state index contributed by atoms with van der Waals surface area (Å²) in [4.78, 5) is 38.3. The van der Waals surface area contributed by atoms with Gasteiger partial charge in [0.2, 0.25) is 5.91 Å². The van der Waals surface area contributed by atoms with Gasteiger partial charge in [-0.05, 0) is 61.8 Å².